The lowest BCUT2D eigenvalue weighted by molar-refractivity contribution is -0.128. The van der Waals surface area contributed by atoms with Crippen molar-refractivity contribution in [3.8, 4) is 0 Å². The summed E-state index contributed by atoms with van der Waals surface area (Å²) in [6.45, 7) is 3.57. The Morgan fingerprint density at radius 1 is 1.55 bits per heavy atom. The van der Waals surface area contributed by atoms with Crippen molar-refractivity contribution >= 4 is 17.8 Å². The van der Waals surface area contributed by atoms with Gasteiger partial charge in [0.15, 0.2) is 0 Å². The smallest absolute Gasteiger partial charge is 0.325 e. The fourth-order valence-electron chi connectivity index (χ4n) is 2.25. The molecule has 4 amide bonds. The van der Waals surface area contributed by atoms with Crippen LogP contribution < -0.4 is 10.6 Å². The number of amides is 4. The van der Waals surface area contributed by atoms with Crippen molar-refractivity contribution in [2.45, 2.75) is 38.0 Å². The summed E-state index contributed by atoms with van der Waals surface area (Å²) in [4.78, 5) is 36.3. The van der Waals surface area contributed by atoms with Crippen LogP contribution in [0.1, 0.15) is 20.3 Å². The maximum absolute atomic E-state index is 12.0. The number of ether oxygens (including phenoxy) is 1. The largest absolute Gasteiger partial charge is 0.389 e. The number of rotatable bonds is 3. The number of carbonyl (C=O) groups excluding carboxylic acids is 3. The molecule has 2 aliphatic heterocycles. The lowest BCUT2D eigenvalue weighted by Gasteiger charge is -2.31. The molecular formula is C12H19N3O5. The highest BCUT2D eigenvalue weighted by Gasteiger charge is 2.46. The number of carbonyl (C=O) groups is 3. The van der Waals surface area contributed by atoms with Gasteiger partial charge in [0.2, 0.25) is 5.91 Å². The maximum atomic E-state index is 12.0. The minimum Gasteiger partial charge on any atom is -0.389 e. The van der Waals surface area contributed by atoms with Crippen LogP contribution in [0.25, 0.3) is 0 Å². The molecule has 0 unspecified atom stereocenters. The van der Waals surface area contributed by atoms with Crippen LogP contribution in [-0.2, 0) is 14.3 Å². The van der Waals surface area contributed by atoms with Crippen LogP contribution in [0.4, 0.5) is 4.79 Å². The van der Waals surface area contributed by atoms with E-state index in [1.165, 1.54) is 4.90 Å². The van der Waals surface area contributed by atoms with Crippen LogP contribution in [-0.4, -0.2) is 65.3 Å². The van der Waals surface area contributed by atoms with Crippen molar-refractivity contribution in [2.75, 3.05) is 19.8 Å². The predicted molar refractivity (Wildman–Crippen MR) is 67.7 cm³/mol. The highest BCUT2D eigenvalue weighted by atomic mass is 16.5. The van der Waals surface area contributed by atoms with E-state index in [9.17, 15) is 19.5 Å². The highest BCUT2D eigenvalue weighted by Crippen LogP contribution is 2.20. The third kappa shape index (κ3) is 2.75. The Morgan fingerprint density at radius 3 is 2.80 bits per heavy atom. The number of imide groups is 1. The zero-order valence-electron chi connectivity index (χ0n) is 11.5. The predicted octanol–water partition coefficient (Wildman–Crippen LogP) is -1.42. The molecule has 0 aromatic carbocycles. The molecular weight excluding hydrogens is 266 g/mol. The van der Waals surface area contributed by atoms with Gasteiger partial charge in [-0.2, -0.15) is 0 Å². The minimum atomic E-state index is -1.05. The molecule has 2 heterocycles. The first kappa shape index (κ1) is 14.7. The zero-order valence-corrected chi connectivity index (χ0v) is 11.5. The number of aliphatic hydroxyl groups is 1. The molecule has 2 saturated heterocycles. The molecule has 0 aliphatic carbocycles. The van der Waals surface area contributed by atoms with Gasteiger partial charge < -0.3 is 20.1 Å². The summed E-state index contributed by atoms with van der Waals surface area (Å²) in [5.74, 6) is -0.838. The lowest BCUT2D eigenvalue weighted by Crippen LogP contribution is -2.54. The van der Waals surface area contributed by atoms with Gasteiger partial charge in [-0.3, -0.25) is 14.9 Å². The molecule has 0 aromatic rings. The van der Waals surface area contributed by atoms with Gasteiger partial charge in [-0.1, -0.05) is 0 Å². The van der Waals surface area contributed by atoms with Gasteiger partial charge in [-0.05, 0) is 20.3 Å². The van der Waals surface area contributed by atoms with E-state index in [4.69, 9.17) is 4.74 Å². The van der Waals surface area contributed by atoms with Gasteiger partial charge in [0.25, 0.3) is 5.91 Å². The monoisotopic (exact) mass is 285 g/mol. The minimum absolute atomic E-state index is 0.180. The second kappa shape index (κ2) is 5.37. The molecule has 2 aliphatic rings. The topological polar surface area (TPSA) is 108 Å². The second-order valence-electron chi connectivity index (χ2n) is 5.51. The van der Waals surface area contributed by atoms with E-state index < -0.39 is 29.5 Å². The summed E-state index contributed by atoms with van der Waals surface area (Å²) in [6, 6.07) is -0.969. The van der Waals surface area contributed by atoms with E-state index in [-0.39, 0.29) is 19.2 Å². The molecule has 2 atom stereocenters. The summed E-state index contributed by atoms with van der Waals surface area (Å²) in [6.07, 6.45) is -0.240. The third-order valence-corrected chi connectivity index (χ3v) is 3.67. The van der Waals surface area contributed by atoms with Crippen LogP contribution in [0, 0.1) is 0 Å². The van der Waals surface area contributed by atoms with Crippen LogP contribution >= 0.6 is 0 Å². The van der Waals surface area contributed by atoms with Crippen LogP contribution in [0.15, 0.2) is 0 Å². The molecule has 8 heteroatoms. The SMILES string of the molecule is CC1(C)C(=O)NC(=O)N1CC(=O)N[C@@H]1CCOC[C@H]1O. The Hall–Kier alpha value is -1.67. The number of nitrogens with one attached hydrogen (secondary N) is 2. The summed E-state index contributed by atoms with van der Waals surface area (Å²) in [5, 5.41) is 14.5. The molecule has 0 spiro atoms. The van der Waals surface area contributed by atoms with Gasteiger partial charge in [0.1, 0.15) is 12.1 Å². The lowest BCUT2D eigenvalue weighted by atomic mass is 10.0. The van der Waals surface area contributed by atoms with Crippen molar-refractivity contribution < 1.29 is 24.2 Å². The van der Waals surface area contributed by atoms with Gasteiger partial charge in [0, 0.05) is 6.61 Å². The molecule has 112 valence electrons. The highest BCUT2D eigenvalue weighted by molar-refractivity contribution is 6.07. The van der Waals surface area contributed by atoms with Crippen molar-refractivity contribution in [1.82, 2.24) is 15.5 Å². The molecule has 0 saturated carbocycles. The molecule has 3 N–H and O–H groups in total. The number of nitrogens with zero attached hydrogens (tertiary/aromatic N) is 1. The van der Waals surface area contributed by atoms with E-state index in [2.05, 4.69) is 10.6 Å². The van der Waals surface area contributed by atoms with Gasteiger partial charge >= 0.3 is 6.03 Å². The normalized spacial score (nSPS) is 29.2. The van der Waals surface area contributed by atoms with E-state index in [1.54, 1.807) is 13.8 Å². The van der Waals surface area contributed by atoms with E-state index in [0.29, 0.717) is 13.0 Å². The number of hydrogen-bond donors (Lipinski definition) is 3. The van der Waals surface area contributed by atoms with Crippen LogP contribution in [0.5, 0.6) is 0 Å². The maximum Gasteiger partial charge on any atom is 0.325 e. The third-order valence-electron chi connectivity index (χ3n) is 3.67. The summed E-state index contributed by atoms with van der Waals surface area (Å²) >= 11 is 0. The Bertz CT molecular complexity index is 437. The number of hydrogen-bond acceptors (Lipinski definition) is 5. The Balaban J connectivity index is 1.94. The fraction of sp³-hybridized carbons (Fsp3) is 0.750. The second-order valence-corrected chi connectivity index (χ2v) is 5.51. The van der Waals surface area contributed by atoms with Crippen molar-refractivity contribution in [3.63, 3.8) is 0 Å². The van der Waals surface area contributed by atoms with E-state index >= 15 is 0 Å². The van der Waals surface area contributed by atoms with E-state index in [0.717, 1.165) is 0 Å². The summed E-state index contributed by atoms with van der Waals surface area (Å²) in [5.41, 5.74) is -1.05. The number of aliphatic hydroxyl groups excluding tert-OH is 1. The van der Waals surface area contributed by atoms with Crippen molar-refractivity contribution in [1.29, 1.82) is 0 Å². The van der Waals surface area contributed by atoms with Gasteiger partial charge in [-0.15, -0.1) is 0 Å². The fourth-order valence-corrected chi connectivity index (χ4v) is 2.25. The Morgan fingerprint density at radius 2 is 2.25 bits per heavy atom. The molecule has 0 radical (unpaired) electrons. The first-order valence-electron chi connectivity index (χ1n) is 6.50. The Labute approximate surface area is 116 Å². The number of urea groups is 1. The molecule has 0 aromatic heterocycles. The Kier molecular flexibility index (Phi) is 3.96. The van der Waals surface area contributed by atoms with E-state index in [1.807, 2.05) is 0 Å². The summed E-state index contributed by atoms with van der Waals surface area (Å²) < 4.78 is 5.07. The van der Waals surface area contributed by atoms with Gasteiger partial charge in [0.05, 0.1) is 18.8 Å². The summed E-state index contributed by atoms with van der Waals surface area (Å²) in [7, 11) is 0. The van der Waals surface area contributed by atoms with Gasteiger partial charge in [-0.25, -0.2) is 4.79 Å². The quantitative estimate of drug-likeness (QED) is 0.552. The van der Waals surface area contributed by atoms with Crippen molar-refractivity contribution in [3.05, 3.63) is 0 Å². The molecule has 2 rings (SSSR count). The average Bonchev–Trinajstić information content (AvgIpc) is 2.55. The van der Waals surface area contributed by atoms with Crippen molar-refractivity contribution in [2.24, 2.45) is 0 Å². The molecule has 8 nitrogen and oxygen atoms in total. The van der Waals surface area contributed by atoms with Crippen LogP contribution in [0.2, 0.25) is 0 Å². The first-order valence-corrected chi connectivity index (χ1v) is 6.50. The zero-order chi connectivity index (χ0) is 14.9. The van der Waals surface area contributed by atoms with Crippen LogP contribution in [0.3, 0.4) is 0 Å². The molecule has 0 bridgehead atoms. The average molecular weight is 285 g/mol. The molecule has 20 heavy (non-hydrogen) atoms. The first-order chi connectivity index (χ1) is 9.32. The molecule has 2 fully saturated rings. The standard InChI is InChI=1S/C12H19N3O5/c1-12(2)10(18)14-11(19)15(12)5-9(17)13-7-3-4-20-6-8(7)16/h7-8,16H,3-6H2,1-2H3,(H,13,17)(H,14,18,19)/t7-,8-/m1/s1.